The highest BCUT2D eigenvalue weighted by atomic mass is 35.5. The van der Waals surface area contributed by atoms with Gasteiger partial charge in [-0.1, -0.05) is 59.3 Å². The molecule has 2 heterocycles. The van der Waals surface area contributed by atoms with Gasteiger partial charge in [0, 0.05) is 17.5 Å². The lowest BCUT2D eigenvalue weighted by molar-refractivity contribution is -0.126. The third-order valence-electron chi connectivity index (χ3n) is 5.37. The fraction of sp³-hybridized carbons (Fsp3) is 0.348. The Bertz CT molecular complexity index is 976. The van der Waals surface area contributed by atoms with Crippen molar-refractivity contribution in [1.82, 2.24) is 20.3 Å². The average Bonchev–Trinajstić information content (AvgIpc) is 3.18. The van der Waals surface area contributed by atoms with Crippen molar-refractivity contribution in [2.24, 2.45) is 5.92 Å². The fourth-order valence-electron chi connectivity index (χ4n) is 3.81. The number of amides is 1. The van der Waals surface area contributed by atoms with Gasteiger partial charge in [0.2, 0.25) is 5.91 Å². The largest absolute Gasteiger partial charge is 0.373 e. The predicted octanol–water partition coefficient (Wildman–Crippen LogP) is 3.44. The molecule has 0 aliphatic carbocycles. The van der Waals surface area contributed by atoms with Crippen LogP contribution in [0.25, 0.3) is 0 Å². The van der Waals surface area contributed by atoms with Crippen molar-refractivity contribution in [3.63, 3.8) is 0 Å². The summed E-state index contributed by atoms with van der Waals surface area (Å²) in [6.45, 7) is 1.46. The maximum atomic E-state index is 13.2. The predicted molar refractivity (Wildman–Crippen MR) is 115 cm³/mol. The molecule has 0 radical (unpaired) electrons. The van der Waals surface area contributed by atoms with E-state index in [-0.39, 0.29) is 17.9 Å². The van der Waals surface area contributed by atoms with E-state index in [1.165, 1.54) is 5.56 Å². The summed E-state index contributed by atoms with van der Waals surface area (Å²) in [4.78, 5) is 13.2. The van der Waals surface area contributed by atoms with Crippen molar-refractivity contribution < 1.29 is 9.53 Å². The minimum Gasteiger partial charge on any atom is -0.373 e. The number of nitrogens with one attached hydrogen (secondary N) is 1. The molecule has 0 unspecified atom stereocenters. The smallest absolute Gasteiger partial charge is 0.223 e. The van der Waals surface area contributed by atoms with E-state index >= 15 is 0 Å². The molecular weight excluding hydrogens is 400 g/mol. The molecule has 1 aromatic heterocycles. The summed E-state index contributed by atoms with van der Waals surface area (Å²) in [5.74, 6) is -0.167. The summed E-state index contributed by atoms with van der Waals surface area (Å²) in [6, 6.07) is 17.7. The molecule has 30 heavy (non-hydrogen) atoms. The molecule has 3 aromatic rings. The van der Waals surface area contributed by atoms with Crippen LogP contribution in [0.15, 0.2) is 60.8 Å². The molecule has 0 spiro atoms. The number of ether oxygens (including phenoxy) is 1. The van der Waals surface area contributed by atoms with E-state index in [0.29, 0.717) is 44.0 Å². The van der Waals surface area contributed by atoms with Crippen molar-refractivity contribution in [1.29, 1.82) is 0 Å². The third-order valence-corrected chi connectivity index (χ3v) is 5.60. The lowest BCUT2D eigenvalue weighted by Crippen LogP contribution is -2.43. The van der Waals surface area contributed by atoms with Crippen LogP contribution in [0.5, 0.6) is 0 Å². The molecular formula is C23H25ClN4O2. The monoisotopic (exact) mass is 424 g/mol. The zero-order chi connectivity index (χ0) is 20.8. The highest BCUT2D eigenvalue weighted by Crippen LogP contribution is 2.19. The van der Waals surface area contributed by atoms with Crippen LogP contribution in [0, 0.1) is 5.92 Å². The Morgan fingerprint density at radius 2 is 1.93 bits per heavy atom. The van der Waals surface area contributed by atoms with Crippen LogP contribution in [0.3, 0.4) is 0 Å². The van der Waals surface area contributed by atoms with E-state index in [4.69, 9.17) is 16.3 Å². The lowest BCUT2D eigenvalue weighted by atomic mass is 9.94. The number of halogens is 1. The van der Waals surface area contributed by atoms with Crippen molar-refractivity contribution in [2.45, 2.75) is 38.5 Å². The number of benzene rings is 2. The summed E-state index contributed by atoms with van der Waals surface area (Å²) in [6.07, 6.45) is 3.72. The van der Waals surface area contributed by atoms with Crippen LogP contribution in [-0.4, -0.2) is 33.5 Å². The first-order valence-electron chi connectivity index (χ1n) is 10.2. The van der Waals surface area contributed by atoms with Gasteiger partial charge in [0.05, 0.1) is 31.1 Å². The van der Waals surface area contributed by atoms with Gasteiger partial charge in [-0.15, -0.1) is 5.10 Å². The number of fused-ring (bicyclic) bond motifs is 1. The van der Waals surface area contributed by atoms with Crippen LogP contribution in [-0.2, 0) is 35.5 Å². The summed E-state index contributed by atoms with van der Waals surface area (Å²) in [5, 5.41) is 12.1. The molecule has 1 aliphatic rings. The van der Waals surface area contributed by atoms with Gasteiger partial charge in [0.25, 0.3) is 0 Å². The maximum absolute atomic E-state index is 13.2. The Balaban J connectivity index is 1.55. The zero-order valence-corrected chi connectivity index (χ0v) is 17.5. The van der Waals surface area contributed by atoms with E-state index < -0.39 is 0 Å². The van der Waals surface area contributed by atoms with Gasteiger partial charge in [0.1, 0.15) is 0 Å². The number of nitrogens with zero attached hydrogens (tertiary/aromatic N) is 3. The summed E-state index contributed by atoms with van der Waals surface area (Å²) < 4.78 is 7.75. The third kappa shape index (κ3) is 5.46. The first kappa shape index (κ1) is 20.6. The number of hydrogen-bond acceptors (Lipinski definition) is 4. The van der Waals surface area contributed by atoms with Gasteiger partial charge in [-0.25, -0.2) is 4.68 Å². The van der Waals surface area contributed by atoms with Crippen molar-refractivity contribution in [2.75, 3.05) is 6.61 Å². The van der Waals surface area contributed by atoms with E-state index in [2.05, 4.69) is 27.8 Å². The zero-order valence-electron chi connectivity index (χ0n) is 16.7. The van der Waals surface area contributed by atoms with Crippen LogP contribution in [0.4, 0.5) is 0 Å². The quantitative estimate of drug-likeness (QED) is 0.696. The van der Waals surface area contributed by atoms with E-state index in [9.17, 15) is 4.79 Å². The van der Waals surface area contributed by atoms with E-state index in [0.717, 1.165) is 11.3 Å². The molecule has 2 aromatic carbocycles. The average molecular weight is 425 g/mol. The Hall–Kier alpha value is -2.70. The Kier molecular flexibility index (Phi) is 6.77. The number of aryl methyl sites for hydroxylation is 1. The number of aromatic nitrogens is 3. The molecule has 0 saturated heterocycles. The first-order valence-corrected chi connectivity index (χ1v) is 10.6. The Labute approximate surface area is 181 Å². The summed E-state index contributed by atoms with van der Waals surface area (Å²) in [7, 11) is 0. The SMILES string of the molecule is O=C1N[C@@H](Cc2ccccc2)COCc2cnnn2CC[C@@H]1Cc1cccc(Cl)c1. The van der Waals surface area contributed by atoms with Crippen LogP contribution < -0.4 is 5.32 Å². The molecule has 1 aliphatic heterocycles. The van der Waals surface area contributed by atoms with E-state index in [1.54, 1.807) is 6.20 Å². The van der Waals surface area contributed by atoms with Gasteiger partial charge in [0.15, 0.2) is 0 Å². The molecule has 1 N–H and O–H groups in total. The molecule has 0 bridgehead atoms. The first-order chi connectivity index (χ1) is 14.7. The molecule has 4 rings (SSSR count). The molecule has 0 saturated carbocycles. The molecule has 6 nitrogen and oxygen atoms in total. The molecule has 1 amide bonds. The van der Waals surface area contributed by atoms with E-state index in [1.807, 2.05) is 47.1 Å². The summed E-state index contributed by atoms with van der Waals surface area (Å²) in [5.41, 5.74) is 3.14. The highest BCUT2D eigenvalue weighted by Gasteiger charge is 2.24. The van der Waals surface area contributed by atoms with Crippen molar-refractivity contribution in [3.05, 3.63) is 82.6 Å². The molecule has 7 heteroatoms. The van der Waals surface area contributed by atoms with Crippen LogP contribution >= 0.6 is 11.6 Å². The second-order valence-electron chi connectivity index (χ2n) is 7.68. The number of carbonyl (C=O) groups excluding carboxylic acids is 1. The highest BCUT2D eigenvalue weighted by molar-refractivity contribution is 6.30. The Morgan fingerprint density at radius 1 is 1.10 bits per heavy atom. The number of rotatable bonds is 4. The Morgan fingerprint density at radius 3 is 2.77 bits per heavy atom. The minimum atomic E-state index is -0.197. The van der Waals surface area contributed by atoms with Crippen molar-refractivity contribution in [3.8, 4) is 0 Å². The standard InChI is InChI=1S/C23H25ClN4O2/c24-20-8-4-7-18(12-20)11-19-9-10-28-22(14-25-27-28)16-30-15-21(26-23(19)29)13-17-5-2-1-3-6-17/h1-8,12,14,19,21H,9-11,13,15-16H2,(H,26,29)/t19-,21+/m1/s1. The topological polar surface area (TPSA) is 69.0 Å². The molecule has 0 fully saturated rings. The van der Waals surface area contributed by atoms with Gasteiger partial charge < -0.3 is 10.1 Å². The van der Waals surface area contributed by atoms with Crippen LogP contribution in [0.2, 0.25) is 5.02 Å². The lowest BCUT2D eigenvalue weighted by Gasteiger charge is -2.22. The van der Waals surface area contributed by atoms with Gasteiger partial charge >= 0.3 is 0 Å². The second-order valence-corrected chi connectivity index (χ2v) is 8.11. The van der Waals surface area contributed by atoms with Gasteiger partial charge in [-0.2, -0.15) is 0 Å². The number of hydrogen-bond donors (Lipinski definition) is 1. The molecule has 156 valence electrons. The molecule has 2 atom stereocenters. The summed E-state index contributed by atoms with van der Waals surface area (Å²) >= 11 is 6.15. The normalized spacial score (nSPS) is 20.1. The van der Waals surface area contributed by atoms with Crippen LogP contribution in [0.1, 0.15) is 23.2 Å². The fourth-order valence-corrected chi connectivity index (χ4v) is 4.02. The van der Waals surface area contributed by atoms with Gasteiger partial charge in [-0.3, -0.25) is 4.79 Å². The van der Waals surface area contributed by atoms with Gasteiger partial charge in [-0.05, 0) is 42.5 Å². The second kappa shape index (κ2) is 9.87. The minimum absolute atomic E-state index is 0.0306. The maximum Gasteiger partial charge on any atom is 0.223 e. The van der Waals surface area contributed by atoms with Crippen molar-refractivity contribution >= 4 is 17.5 Å². The number of carbonyl (C=O) groups is 1.